The number of nitrogens with zero attached hydrogens (tertiary/aromatic N) is 3. The molecule has 166 valence electrons. The van der Waals surface area contributed by atoms with Crippen LogP contribution < -0.4 is 10.6 Å². The number of rotatable bonds is 6. The highest BCUT2D eigenvalue weighted by Gasteiger charge is 2.25. The molecular weight excluding hydrogens is 501 g/mol. The first-order valence-corrected chi connectivity index (χ1v) is 10.8. The lowest BCUT2D eigenvalue weighted by Gasteiger charge is -2.35. The lowest BCUT2D eigenvalue weighted by atomic mass is 10.1. The Morgan fingerprint density at radius 1 is 1.28 bits per heavy atom. The predicted molar refractivity (Wildman–Crippen MR) is 132 cm³/mol. The minimum Gasteiger partial charge on any atom is -0.444 e. The van der Waals surface area contributed by atoms with Crippen molar-refractivity contribution in [3.63, 3.8) is 0 Å². The SMILES string of the molecule is CN=C(NCCN1CCN(C(=O)OC(C)(C)C)CC1)NCC(C)c1cccs1.I. The third kappa shape index (κ3) is 9.52. The summed E-state index contributed by atoms with van der Waals surface area (Å²) in [6.45, 7) is 13.7. The van der Waals surface area contributed by atoms with Crippen molar-refractivity contribution in [2.24, 2.45) is 4.99 Å². The lowest BCUT2D eigenvalue weighted by molar-refractivity contribution is 0.0147. The van der Waals surface area contributed by atoms with Gasteiger partial charge < -0.3 is 20.3 Å². The second-order valence-electron chi connectivity index (χ2n) is 8.11. The molecule has 1 saturated heterocycles. The summed E-state index contributed by atoms with van der Waals surface area (Å²) in [4.78, 5) is 22.0. The maximum Gasteiger partial charge on any atom is 0.410 e. The van der Waals surface area contributed by atoms with E-state index in [1.54, 1.807) is 23.3 Å². The quantitative estimate of drug-likeness (QED) is 0.332. The zero-order valence-corrected chi connectivity index (χ0v) is 21.4. The van der Waals surface area contributed by atoms with Gasteiger partial charge in [0.15, 0.2) is 5.96 Å². The minimum atomic E-state index is -0.442. The molecule has 7 nitrogen and oxygen atoms in total. The molecule has 0 spiro atoms. The molecular formula is C20H36IN5O2S. The third-order valence-electron chi connectivity index (χ3n) is 4.57. The van der Waals surface area contributed by atoms with Gasteiger partial charge in [0.2, 0.25) is 0 Å². The van der Waals surface area contributed by atoms with Crippen molar-refractivity contribution in [2.75, 3.05) is 52.9 Å². The second kappa shape index (κ2) is 12.6. The van der Waals surface area contributed by atoms with Gasteiger partial charge in [-0.1, -0.05) is 13.0 Å². The topological polar surface area (TPSA) is 69.2 Å². The highest BCUT2D eigenvalue weighted by Crippen LogP contribution is 2.19. The molecule has 0 bridgehead atoms. The van der Waals surface area contributed by atoms with E-state index in [9.17, 15) is 4.79 Å². The van der Waals surface area contributed by atoms with Crippen LogP contribution in [-0.2, 0) is 4.74 Å². The van der Waals surface area contributed by atoms with Crippen LogP contribution in [-0.4, -0.2) is 80.3 Å². The Kier molecular flexibility index (Phi) is 11.3. The van der Waals surface area contributed by atoms with E-state index in [-0.39, 0.29) is 30.1 Å². The Morgan fingerprint density at radius 2 is 1.97 bits per heavy atom. The molecule has 1 aromatic heterocycles. The number of amides is 1. The van der Waals surface area contributed by atoms with Crippen molar-refractivity contribution in [2.45, 2.75) is 39.2 Å². The average molecular weight is 538 g/mol. The average Bonchev–Trinajstić information content (AvgIpc) is 3.18. The summed E-state index contributed by atoms with van der Waals surface area (Å²) in [5, 5.41) is 8.89. The maximum atomic E-state index is 12.1. The number of hydrogen-bond donors (Lipinski definition) is 2. The first-order valence-electron chi connectivity index (χ1n) is 9.96. The summed E-state index contributed by atoms with van der Waals surface area (Å²) in [7, 11) is 1.80. The zero-order chi connectivity index (χ0) is 20.6. The number of aliphatic imine (C=N–C) groups is 1. The van der Waals surface area contributed by atoms with E-state index in [0.717, 1.165) is 38.7 Å². The molecule has 29 heavy (non-hydrogen) atoms. The molecule has 1 aromatic rings. The number of thiophene rings is 1. The Morgan fingerprint density at radius 3 is 2.52 bits per heavy atom. The van der Waals surface area contributed by atoms with Crippen LogP contribution in [0.5, 0.6) is 0 Å². The van der Waals surface area contributed by atoms with Gasteiger partial charge in [0.05, 0.1) is 0 Å². The van der Waals surface area contributed by atoms with Gasteiger partial charge in [-0.15, -0.1) is 35.3 Å². The van der Waals surface area contributed by atoms with E-state index in [4.69, 9.17) is 4.74 Å². The van der Waals surface area contributed by atoms with Crippen LogP contribution in [0.3, 0.4) is 0 Å². The predicted octanol–water partition coefficient (Wildman–Crippen LogP) is 3.19. The van der Waals surface area contributed by atoms with Crippen LogP contribution in [0.15, 0.2) is 22.5 Å². The number of halogens is 1. The molecule has 1 amide bonds. The Hall–Kier alpha value is -1.07. The van der Waals surface area contributed by atoms with Crippen LogP contribution in [0.1, 0.15) is 38.5 Å². The van der Waals surface area contributed by atoms with Crippen molar-refractivity contribution in [3.8, 4) is 0 Å². The van der Waals surface area contributed by atoms with Crippen molar-refractivity contribution < 1.29 is 9.53 Å². The minimum absolute atomic E-state index is 0. The molecule has 0 aromatic carbocycles. The molecule has 1 fully saturated rings. The van der Waals surface area contributed by atoms with Gasteiger partial charge in [-0.25, -0.2) is 4.79 Å². The van der Waals surface area contributed by atoms with Crippen LogP contribution in [0.2, 0.25) is 0 Å². The number of nitrogens with one attached hydrogen (secondary N) is 2. The summed E-state index contributed by atoms with van der Waals surface area (Å²) in [6.07, 6.45) is -0.213. The second-order valence-corrected chi connectivity index (χ2v) is 9.08. The Bertz CT molecular complexity index is 625. The van der Waals surface area contributed by atoms with Crippen molar-refractivity contribution >= 4 is 47.4 Å². The number of guanidine groups is 1. The molecule has 1 aliphatic rings. The largest absolute Gasteiger partial charge is 0.444 e. The summed E-state index contributed by atoms with van der Waals surface area (Å²) in [6, 6.07) is 4.26. The monoisotopic (exact) mass is 537 g/mol. The van der Waals surface area contributed by atoms with Gasteiger partial charge in [0, 0.05) is 63.7 Å². The summed E-state index contributed by atoms with van der Waals surface area (Å²) in [5.74, 6) is 1.29. The number of carbonyl (C=O) groups is 1. The van der Waals surface area contributed by atoms with Crippen LogP contribution in [0.4, 0.5) is 4.79 Å². The summed E-state index contributed by atoms with van der Waals surface area (Å²) in [5.41, 5.74) is -0.442. The lowest BCUT2D eigenvalue weighted by Crippen LogP contribution is -2.51. The fourth-order valence-corrected chi connectivity index (χ4v) is 3.74. The van der Waals surface area contributed by atoms with Gasteiger partial charge in [-0.05, 0) is 32.2 Å². The summed E-state index contributed by atoms with van der Waals surface area (Å²) >= 11 is 1.79. The molecule has 9 heteroatoms. The molecule has 0 aliphatic carbocycles. The smallest absolute Gasteiger partial charge is 0.410 e. The maximum absolute atomic E-state index is 12.1. The molecule has 1 unspecified atom stereocenters. The molecule has 2 N–H and O–H groups in total. The van der Waals surface area contributed by atoms with Crippen LogP contribution in [0, 0.1) is 0 Å². The van der Waals surface area contributed by atoms with Gasteiger partial charge in [-0.2, -0.15) is 0 Å². The molecule has 0 saturated carbocycles. The van der Waals surface area contributed by atoms with Gasteiger partial charge in [0.1, 0.15) is 5.60 Å². The summed E-state index contributed by atoms with van der Waals surface area (Å²) < 4.78 is 5.45. The van der Waals surface area contributed by atoms with Crippen LogP contribution >= 0.6 is 35.3 Å². The third-order valence-corrected chi connectivity index (χ3v) is 5.68. The van der Waals surface area contributed by atoms with E-state index in [0.29, 0.717) is 19.0 Å². The Labute approximate surface area is 196 Å². The molecule has 2 rings (SSSR count). The van der Waals surface area contributed by atoms with E-state index >= 15 is 0 Å². The molecule has 2 heterocycles. The molecule has 1 atom stereocenters. The van der Waals surface area contributed by atoms with Crippen LogP contribution in [0.25, 0.3) is 0 Å². The van der Waals surface area contributed by atoms with E-state index in [1.165, 1.54) is 4.88 Å². The van der Waals surface area contributed by atoms with Crippen molar-refractivity contribution in [1.29, 1.82) is 0 Å². The van der Waals surface area contributed by atoms with Gasteiger partial charge in [0.25, 0.3) is 0 Å². The number of hydrogen-bond acceptors (Lipinski definition) is 5. The van der Waals surface area contributed by atoms with E-state index in [2.05, 4.69) is 45.0 Å². The first-order chi connectivity index (χ1) is 13.3. The highest BCUT2D eigenvalue weighted by molar-refractivity contribution is 14.0. The standard InChI is InChI=1S/C20H35N5O2S.HI/c1-16(17-7-6-14-28-17)15-23-18(21-5)22-8-9-24-10-12-25(13-11-24)19(26)27-20(2,3)4;/h6-7,14,16H,8-13,15H2,1-5H3,(H2,21,22,23);1H. The van der Waals surface area contributed by atoms with Gasteiger partial charge >= 0.3 is 6.09 Å². The fraction of sp³-hybridized carbons (Fsp3) is 0.700. The van der Waals surface area contributed by atoms with E-state index in [1.807, 2.05) is 20.8 Å². The number of carbonyl (C=O) groups excluding carboxylic acids is 1. The Balaban J connectivity index is 0.00000420. The molecule has 1 aliphatic heterocycles. The number of piperazine rings is 1. The molecule has 0 radical (unpaired) electrons. The van der Waals surface area contributed by atoms with Crippen molar-refractivity contribution in [1.82, 2.24) is 20.4 Å². The normalized spacial score (nSPS) is 16.7. The number of ether oxygens (including phenoxy) is 1. The zero-order valence-electron chi connectivity index (χ0n) is 18.2. The highest BCUT2D eigenvalue weighted by atomic mass is 127. The van der Waals surface area contributed by atoms with Crippen molar-refractivity contribution in [3.05, 3.63) is 22.4 Å². The van der Waals surface area contributed by atoms with Gasteiger partial charge in [-0.3, -0.25) is 9.89 Å². The van der Waals surface area contributed by atoms with E-state index < -0.39 is 5.60 Å². The fourth-order valence-electron chi connectivity index (χ4n) is 2.96. The first kappa shape index (κ1) is 26.0.